The normalized spacial score (nSPS) is 15.6. The van der Waals surface area contributed by atoms with E-state index < -0.39 is 0 Å². The lowest BCUT2D eigenvalue weighted by Gasteiger charge is -2.07. The van der Waals surface area contributed by atoms with Crippen LogP contribution in [0.3, 0.4) is 0 Å². The molecule has 1 aliphatic heterocycles. The zero-order valence-corrected chi connectivity index (χ0v) is 13.9. The Balaban J connectivity index is 1.42. The first-order chi connectivity index (χ1) is 12.3. The van der Waals surface area contributed by atoms with Gasteiger partial charge in [0.15, 0.2) is 0 Å². The Bertz CT molecular complexity index is 844. The molecular formula is C20H18N2O3. The molecule has 0 spiro atoms. The molecule has 1 aromatic heterocycles. The summed E-state index contributed by atoms with van der Waals surface area (Å²) in [7, 11) is 0. The number of hydrogen-bond acceptors (Lipinski definition) is 5. The van der Waals surface area contributed by atoms with Crippen molar-refractivity contribution in [2.24, 2.45) is 0 Å². The highest BCUT2D eigenvalue weighted by Crippen LogP contribution is 2.26. The minimum absolute atomic E-state index is 0.268. The van der Waals surface area contributed by atoms with E-state index >= 15 is 0 Å². The SMILES string of the molecule is Cc1ccnc(Oc2ccc(-c3ccc(OCC4CO4)cc3)cc2)n1. The van der Waals surface area contributed by atoms with Gasteiger partial charge < -0.3 is 14.2 Å². The van der Waals surface area contributed by atoms with Crippen LogP contribution < -0.4 is 9.47 Å². The first-order valence-electron chi connectivity index (χ1n) is 8.19. The highest BCUT2D eigenvalue weighted by molar-refractivity contribution is 5.64. The van der Waals surface area contributed by atoms with E-state index in [2.05, 4.69) is 9.97 Å². The lowest BCUT2D eigenvalue weighted by atomic mass is 10.1. The zero-order valence-electron chi connectivity index (χ0n) is 13.9. The molecule has 5 nitrogen and oxygen atoms in total. The molecule has 0 bridgehead atoms. The Morgan fingerprint density at radius 2 is 1.60 bits per heavy atom. The maximum atomic E-state index is 5.68. The van der Waals surface area contributed by atoms with E-state index in [1.54, 1.807) is 6.20 Å². The third-order valence-corrected chi connectivity index (χ3v) is 3.86. The zero-order chi connectivity index (χ0) is 17.1. The average Bonchev–Trinajstić information content (AvgIpc) is 3.46. The summed E-state index contributed by atoms with van der Waals surface area (Å²) in [5, 5.41) is 0. The van der Waals surface area contributed by atoms with E-state index in [0.29, 0.717) is 18.4 Å². The van der Waals surface area contributed by atoms with Crippen LogP contribution in [0.1, 0.15) is 5.69 Å². The Hall–Kier alpha value is -2.92. The smallest absolute Gasteiger partial charge is 0.322 e. The maximum Gasteiger partial charge on any atom is 0.322 e. The van der Waals surface area contributed by atoms with Gasteiger partial charge in [-0.1, -0.05) is 24.3 Å². The maximum absolute atomic E-state index is 5.68. The van der Waals surface area contributed by atoms with Crippen LogP contribution in [0.2, 0.25) is 0 Å². The van der Waals surface area contributed by atoms with Crippen molar-refractivity contribution in [1.29, 1.82) is 0 Å². The van der Waals surface area contributed by atoms with Gasteiger partial charge in [0.1, 0.15) is 24.2 Å². The summed E-state index contributed by atoms with van der Waals surface area (Å²) >= 11 is 0. The fourth-order valence-electron chi connectivity index (χ4n) is 2.39. The quantitative estimate of drug-likeness (QED) is 0.637. The van der Waals surface area contributed by atoms with Gasteiger partial charge in [0.25, 0.3) is 0 Å². The number of aromatic nitrogens is 2. The van der Waals surface area contributed by atoms with Crippen LogP contribution in [0, 0.1) is 6.92 Å². The number of rotatable bonds is 6. The molecular weight excluding hydrogens is 316 g/mol. The van der Waals surface area contributed by atoms with Gasteiger partial charge in [-0.25, -0.2) is 9.97 Å². The van der Waals surface area contributed by atoms with Crippen molar-refractivity contribution in [3.05, 3.63) is 66.5 Å². The third kappa shape index (κ3) is 4.14. The fraction of sp³-hybridized carbons (Fsp3) is 0.200. The van der Waals surface area contributed by atoms with Gasteiger partial charge in [-0.05, 0) is 48.4 Å². The molecule has 126 valence electrons. The van der Waals surface area contributed by atoms with Crippen LogP contribution in [0.5, 0.6) is 17.5 Å². The molecule has 1 unspecified atom stereocenters. The van der Waals surface area contributed by atoms with Gasteiger partial charge in [-0.3, -0.25) is 0 Å². The highest BCUT2D eigenvalue weighted by atomic mass is 16.6. The number of nitrogens with zero attached hydrogens (tertiary/aromatic N) is 2. The number of ether oxygens (including phenoxy) is 3. The largest absolute Gasteiger partial charge is 0.491 e. The molecule has 1 fully saturated rings. The van der Waals surface area contributed by atoms with Gasteiger partial charge in [0, 0.05) is 11.9 Å². The molecule has 1 atom stereocenters. The Morgan fingerprint density at radius 1 is 0.960 bits per heavy atom. The predicted octanol–water partition coefficient (Wildman–Crippen LogP) is 4.02. The molecule has 0 saturated carbocycles. The van der Waals surface area contributed by atoms with Crippen molar-refractivity contribution in [2.75, 3.05) is 13.2 Å². The monoisotopic (exact) mass is 334 g/mol. The summed E-state index contributed by atoms with van der Waals surface area (Å²) in [6.45, 7) is 3.33. The second kappa shape index (κ2) is 6.91. The van der Waals surface area contributed by atoms with Gasteiger partial charge >= 0.3 is 6.01 Å². The first-order valence-corrected chi connectivity index (χ1v) is 8.19. The number of benzene rings is 2. The molecule has 0 radical (unpaired) electrons. The van der Waals surface area contributed by atoms with Gasteiger partial charge in [-0.2, -0.15) is 0 Å². The van der Waals surface area contributed by atoms with Crippen molar-refractivity contribution in [3.63, 3.8) is 0 Å². The summed E-state index contributed by atoms with van der Waals surface area (Å²) < 4.78 is 16.5. The molecule has 0 amide bonds. The minimum Gasteiger partial charge on any atom is -0.491 e. The fourth-order valence-corrected chi connectivity index (χ4v) is 2.39. The van der Waals surface area contributed by atoms with E-state index in [9.17, 15) is 0 Å². The van der Waals surface area contributed by atoms with Gasteiger partial charge in [0.2, 0.25) is 0 Å². The Morgan fingerprint density at radius 3 is 2.20 bits per heavy atom. The number of hydrogen-bond donors (Lipinski definition) is 0. The topological polar surface area (TPSA) is 56.8 Å². The lowest BCUT2D eigenvalue weighted by molar-refractivity contribution is 0.263. The molecule has 25 heavy (non-hydrogen) atoms. The second-order valence-corrected chi connectivity index (χ2v) is 5.90. The molecule has 3 aromatic rings. The van der Waals surface area contributed by atoms with E-state index in [4.69, 9.17) is 14.2 Å². The minimum atomic E-state index is 0.268. The van der Waals surface area contributed by atoms with Crippen LogP contribution in [-0.2, 0) is 4.74 Å². The van der Waals surface area contributed by atoms with Crippen molar-refractivity contribution in [1.82, 2.24) is 9.97 Å². The summed E-state index contributed by atoms with van der Waals surface area (Å²) in [6.07, 6.45) is 1.95. The lowest BCUT2D eigenvalue weighted by Crippen LogP contribution is -2.03. The number of aryl methyl sites for hydroxylation is 1. The molecule has 1 saturated heterocycles. The first kappa shape index (κ1) is 15.6. The van der Waals surface area contributed by atoms with Crippen LogP contribution in [0.4, 0.5) is 0 Å². The standard InChI is InChI=1S/C20H18N2O3/c1-14-10-11-21-20(22-14)25-18-8-4-16(5-9-18)15-2-6-17(7-3-15)23-12-19-13-24-19/h2-11,19H,12-13H2,1H3. The number of epoxide rings is 1. The van der Waals surface area contributed by atoms with Crippen LogP contribution >= 0.6 is 0 Å². The average molecular weight is 334 g/mol. The molecule has 1 aliphatic rings. The van der Waals surface area contributed by atoms with Gasteiger partial charge in [-0.15, -0.1) is 0 Å². The van der Waals surface area contributed by atoms with E-state index in [1.165, 1.54) is 0 Å². The third-order valence-electron chi connectivity index (χ3n) is 3.86. The predicted molar refractivity (Wildman–Crippen MR) is 94.0 cm³/mol. The van der Waals surface area contributed by atoms with Crippen LogP contribution in [0.15, 0.2) is 60.8 Å². The molecule has 4 rings (SSSR count). The van der Waals surface area contributed by atoms with Crippen molar-refractivity contribution in [3.8, 4) is 28.6 Å². The molecule has 2 heterocycles. The summed E-state index contributed by atoms with van der Waals surface area (Å²) in [4.78, 5) is 8.34. The van der Waals surface area contributed by atoms with Crippen molar-refractivity contribution < 1.29 is 14.2 Å². The van der Waals surface area contributed by atoms with Crippen molar-refractivity contribution in [2.45, 2.75) is 13.0 Å². The Labute approximate surface area is 146 Å². The summed E-state index contributed by atoms with van der Waals surface area (Å²) in [5.74, 6) is 1.56. The molecule has 5 heteroatoms. The summed E-state index contributed by atoms with van der Waals surface area (Å²) in [6, 6.07) is 18.1. The van der Waals surface area contributed by atoms with Crippen molar-refractivity contribution >= 4 is 0 Å². The van der Waals surface area contributed by atoms with E-state index in [-0.39, 0.29) is 6.10 Å². The van der Waals surface area contributed by atoms with E-state index in [1.807, 2.05) is 61.5 Å². The summed E-state index contributed by atoms with van der Waals surface area (Å²) in [5.41, 5.74) is 3.10. The molecule has 0 N–H and O–H groups in total. The van der Waals surface area contributed by atoms with Crippen LogP contribution in [0.25, 0.3) is 11.1 Å². The van der Waals surface area contributed by atoms with Gasteiger partial charge in [0.05, 0.1) is 6.61 Å². The highest BCUT2D eigenvalue weighted by Gasteiger charge is 2.22. The van der Waals surface area contributed by atoms with Crippen LogP contribution in [-0.4, -0.2) is 29.3 Å². The second-order valence-electron chi connectivity index (χ2n) is 5.90. The van der Waals surface area contributed by atoms with E-state index in [0.717, 1.165) is 29.2 Å². The molecule has 0 aliphatic carbocycles. The molecule has 2 aromatic carbocycles. The Kier molecular flexibility index (Phi) is 4.31.